The average molecular weight is 320 g/mol. The molecule has 0 aliphatic rings. The number of carbonyl (C=O) groups is 1. The van der Waals surface area contributed by atoms with E-state index < -0.39 is 0 Å². The predicted molar refractivity (Wildman–Crippen MR) is 79.7 cm³/mol. The van der Waals surface area contributed by atoms with Crippen LogP contribution in [0.4, 0.5) is 5.69 Å². The molecule has 0 aliphatic carbocycles. The molecule has 2 aromatic rings. The van der Waals surface area contributed by atoms with Crippen molar-refractivity contribution in [2.24, 2.45) is 0 Å². The van der Waals surface area contributed by atoms with E-state index in [-0.39, 0.29) is 5.91 Å². The summed E-state index contributed by atoms with van der Waals surface area (Å²) < 4.78 is 6.30. The van der Waals surface area contributed by atoms with E-state index in [2.05, 4.69) is 21.2 Å². The van der Waals surface area contributed by atoms with Crippen LogP contribution in [0.25, 0.3) is 0 Å². The topological polar surface area (TPSA) is 38.3 Å². The molecule has 0 fully saturated rings. The van der Waals surface area contributed by atoms with Crippen molar-refractivity contribution in [1.82, 2.24) is 0 Å². The van der Waals surface area contributed by atoms with Crippen LogP contribution in [0, 0.1) is 0 Å². The molecule has 0 saturated heterocycles. The minimum Gasteiger partial charge on any atom is -0.493 e. The summed E-state index contributed by atoms with van der Waals surface area (Å²) in [5, 5.41) is 2.86. The SMILES string of the molecule is CCOc1ccccc1C(=O)Nc1ccccc1Br. The average Bonchev–Trinajstić information content (AvgIpc) is 2.42. The first kappa shape index (κ1) is 13.6. The van der Waals surface area contributed by atoms with Crippen molar-refractivity contribution in [1.29, 1.82) is 0 Å². The Morgan fingerprint density at radius 1 is 1.16 bits per heavy atom. The van der Waals surface area contributed by atoms with Crippen LogP contribution in [0.15, 0.2) is 53.0 Å². The van der Waals surface area contributed by atoms with Crippen molar-refractivity contribution in [2.45, 2.75) is 6.92 Å². The highest BCUT2D eigenvalue weighted by Gasteiger charge is 2.12. The van der Waals surface area contributed by atoms with Crippen molar-refractivity contribution < 1.29 is 9.53 Å². The normalized spacial score (nSPS) is 10.0. The molecule has 2 rings (SSSR count). The highest BCUT2D eigenvalue weighted by molar-refractivity contribution is 9.10. The summed E-state index contributed by atoms with van der Waals surface area (Å²) in [6, 6.07) is 14.7. The van der Waals surface area contributed by atoms with E-state index in [9.17, 15) is 4.79 Å². The van der Waals surface area contributed by atoms with Crippen molar-refractivity contribution in [2.75, 3.05) is 11.9 Å². The summed E-state index contributed by atoms with van der Waals surface area (Å²) in [4.78, 5) is 12.3. The van der Waals surface area contributed by atoms with Crippen molar-refractivity contribution >= 4 is 27.5 Å². The Kier molecular flexibility index (Phi) is 4.58. The highest BCUT2D eigenvalue weighted by Crippen LogP contribution is 2.24. The predicted octanol–water partition coefficient (Wildman–Crippen LogP) is 4.10. The van der Waals surface area contributed by atoms with Crippen LogP contribution in [-0.4, -0.2) is 12.5 Å². The first-order valence-electron chi connectivity index (χ1n) is 6.00. The standard InChI is InChI=1S/C15H14BrNO2/c1-2-19-14-10-6-3-7-11(14)15(18)17-13-9-5-4-8-12(13)16/h3-10H,2H2,1H3,(H,17,18). The van der Waals surface area contributed by atoms with Gasteiger partial charge in [-0.25, -0.2) is 0 Å². The highest BCUT2D eigenvalue weighted by atomic mass is 79.9. The molecule has 0 heterocycles. The zero-order valence-corrected chi connectivity index (χ0v) is 12.1. The largest absolute Gasteiger partial charge is 0.493 e. The van der Waals surface area contributed by atoms with Crippen LogP contribution >= 0.6 is 15.9 Å². The third-order valence-corrected chi connectivity index (χ3v) is 3.25. The number of para-hydroxylation sites is 2. The van der Waals surface area contributed by atoms with Gasteiger partial charge in [0.15, 0.2) is 0 Å². The molecule has 0 atom stereocenters. The third kappa shape index (κ3) is 3.35. The Morgan fingerprint density at radius 3 is 2.58 bits per heavy atom. The molecule has 2 aromatic carbocycles. The first-order valence-corrected chi connectivity index (χ1v) is 6.79. The third-order valence-electron chi connectivity index (χ3n) is 2.55. The van der Waals surface area contributed by atoms with Gasteiger partial charge in [0.2, 0.25) is 0 Å². The lowest BCUT2D eigenvalue weighted by atomic mass is 10.2. The van der Waals surface area contributed by atoms with Gasteiger partial charge in [-0.2, -0.15) is 0 Å². The summed E-state index contributed by atoms with van der Waals surface area (Å²) in [6.45, 7) is 2.42. The quantitative estimate of drug-likeness (QED) is 0.921. The van der Waals surface area contributed by atoms with E-state index in [4.69, 9.17) is 4.74 Å². The van der Waals surface area contributed by atoms with Crippen LogP contribution in [0.3, 0.4) is 0 Å². The number of amides is 1. The fourth-order valence-electron chi connectivity index (χ4n) is 1.69. The Hall–Kier alpha value is -1.81. The summed E-state index contributed by atoms with van der Waals surface area (Å²) in [5.74, 6) is 0.408. The number of hydrogen-bond donors (Lipinski definition) is 1. The molecule has 19 heavy (non-hydrogen) atoms. The molecule has 4 heteroatoms. The fourth-order valence-corrected chi connectivity index (χ4v) is 2.07. The number of halogens is 1. The van der Waals surface area contributed by atoms with Crippen molar-refractivity contribution in [3.05, 3.63) is 58.6 Å². The maximum Gasteiger partial charge on any atom is 0.259 e. The number of carbonyl (C=O) groups excluding carboxylic acids is 1. The van der Waals surface area contributed by atoms with Gasteiger partial charge >= 0.3 is 0 Å². The molecule has 0 aromatic heterocycles. The van der Waals surface area contributed by atoms with Crippen LogP contribution in [-0.2, 0) is 0 Å². The Labute approximate surface area is 120 Å². The van der Waals surface area contributed by atoms with Gasteiger partial charge in [0.05, 0.1) is 17.9 Å². The van der Waals surface area contributed by atoms with E-state index in [1.54, 1.807) is 12.1 Å². The molecule has 0 bridgehead atoms. The maximum atomic E-state index is 12.3. The zero-order chi connectivity index (χ0) is 13.7. The first-order chi connectivity index (χ1) is 9.22. The van der Waals surface area contributed by atoms with Crippen molar-refractivity contribution in [3.63, 3.8) is 0 Å². The minimum atomic E-state index is -0.184. The minimum absolute atomic E-state index is 0.184. The smallest absolute Gasteiger partial charge is 0.259 e. The summed E-state index contributed by atoms with van der Waals surface area (Å²) >= 11 is 3.40. The van der Waals surface area contributed by atoms with Gasteiger partial charge in [-0.05, 0) is 47.1 Å². The Balaban J connectivity index is 2.23. The molecular formula is C15H14BrNO2. The van der Waals surface area contributed by atoms with E-state index in [1.807, 2.05) is 43.3 Å². The number of hydrogen-bond acceptors (Lipinski definition) is 2. The fraction of sp³-hybridized carbons (Fsp3) is 0.133. The monoisotopic (exact) mass is 319 g/mol. The number of anilines is 1. The number of rotatable bonds is 4. The van der Waals surface area contributed by atoms with Gasteiger partial charge in [0, 0.05) is 4.47 Å². The van der Waals surface area contributed by atoms with Gasteiger partial charge in [-0.15, -0.1) is 0 Å². The van der Waals surface area contributed by atoms with Crippen LogP contribution < -0.4 is 10.1 Å². The molecule has 0 aliphatic heterocycles. The lowest BCUT2D eigenvalue weighted by Crippen LogP contribution is -2.13. The van der Waals surface area contributed by atoms with E-state index in [0.717, 1.165) is 10.2 Å². The van der Waals surface area contributed by atoms with Gasteiger partial charge in [-0.1, -0.05) is 24.3 Å². The molecule has 1 N–H and O–H groups in total. The van der Waals surface area contributed by atoms with E-state index in [1.165, 1.54) is 0 Å². The lowest BCUT2D eigenvalue weighted by Gasteiger charge is -2.11. The second kappa shape index (κ2) is 6.38. The summed E-state index contributed by atoms with van der Waals surface area (Å²) in [5.41, 5.74) is 1.26. The summed E-state index contributed by atoms with van der Waals surface area (Å²) in [6.07, 6.45) is 0. The molecule has 1 amide bonds. The molecule has 3 nitrogen and oxygen atoms in total. The van der Waals surface area contributed by atoms with E-state index in [0.29, 0.717) is 17.9 Å². The van der Waals surface area contributed by atoms with Gasteiger partial charge < -0.3 is 10.1 Å². The molecule has 0 saturated carbocycles. The number of ether oxygens (including phenoxy) is 1. The molecule has 98 valence electrons. The van der Waals surface area contributed by atoms with Crippen LogP contribution in [0.5, 0.6) is 5.75 Å². The van der Waals surface area contributed by atoms with Gasteiger partial charge in [0.1, 0.15) is 5.75 Å². The number of nitrogens with one attached hydrogen (secondary N) is 1. The molecular weight excluding hydrogens is 306 g/mol. The second-order valence-corrected chi connectivity index (χ2v) is 4.72. The zero-order valence-electron chi connectivity index (χ0n) is 10.5. The van der Waals surface area contributed by atoms with E-state index >= 15 is 0 Å². The second-order valence-electron chi connectivity index (χ2n) is 3.86. The van der Waals surface area contributed by atoms with Gasteiger partial charge in [0.25, 0.3) is 5.91 Å². The Bertz CT molecular complexity index is 584. The molecule has 0 radical (unpaired) electrons. The molecule has 0 spiro atoms. The molecule has 0 unspecified atom stereocenters. The summed E-state index contributed by atoms with van der Waals surface area (Å²) in [7, 11) is 0. The Morgan fingerprint density at radius 2 is 1.84 bits per heavy atom. The van der Waals surface area contributed by atoms with Crippen LogP contribution in [0.2, 0.25) is 0 Å². The van der Waals surface area contributed by atoms with Gasteiger partial charge in [-0.3, -0.25) is 4.79 Å². The number of benzene rings is 2. The maximum absolute atomic E-state index is 12.3. The van der Waals surface area contributed by atoms with Crippen molar-refractivity contribution in [3.8, 4) is 5.75 Å². The van der Waals surface area contributed by atoms with Crippen LogP contribution in [0.1, 0.15) is 17.3 Å². The lowest BCUT2D eigenvalue weighted by molar-refractivity contribution is 0.102.